The molecule has 1 fully saturated rings. The van der Waals surface area contributed by atoms with Gasteiger partial charge in [-0.05, 0) is 30.7 Å². The molecule has 0 bridgehead atoms. The van der Waals surface area contributed by atoms with Gasteiger partial charge in [-0.2, -0.15) is 0 Å². The van der Waals surface area contributed by atoms with Gasteiger partial charge in [-0.3, -0.25) is 10.1 Å². The Bertz CT molecular complexity index is 472. The van der Waals surface area contributed by atoms with Crippen LogP contribution in [0.5, 0.6) is 5.75 Å². The number of benzene rings is 1. The van der Waals surface area contributed by atoms with Crippen molar-refractivity contribution in [1.29, 1.82) is 0 Å². The van der Waals surface area contributed by atoms with Crippen molar-refractivity contribution in [3.63, 3.8) is 0 Å². The van der Waals surface area contributed by atoms with Crippen molar-refractivity contribution in [3.05, 3.63) is 28.3 Å². The summed E-state index contributed by atoms with van der Waals surface area (Å²) in [4.78, 5) is 10.6. The van der Waals surface area contributed by atoms with Gasteiger partial charge in [-0.15, -0.1) is 0 Å². The summed E-state index contributed by atoms with van der Waals surface area (Å²) in [6.07, 6.45) is 2.84. The molecule has 2 N–H and O–H groups in total. The van der Waals surface area contributed by atoms with Crippen molar-refractivity contribution in [2.75, 3.05) is 25.6 Å². The average molecular weight is 266 g/mol. The second kappa shape index (κ2) is 5.44. The average Bonchev–Trinajstić information content (AvgIpc) is 3.16. The lowest BCUT2D eigenvalue weighted by Gasteiger charge is -2.16. The van der Waals surface area contributed by atoms with Gasteiger partial charge in [-0.1, -0.05) is 0 Å². The number of anilines is 1. The number of hydrogen-bond donors (Lipinski definition) is 2. The van der Waals surface area contributed by atoms with Crippen LogP contribution in [0.3, 0.4) is 0 Å². The molecule has 0 radical (unpaired) electrons. The fourth-order valence-corrected chi connectivity index (χ4v) is 2.15. The van der Waals surface area contributed by atoms with E-state index in [2.05, 4.69) is 5.32 Å². The number of nitro groups is 1. The molecule has 6 nitrogen and oxygen atoms in total. The summed E-state index contributed by atoms with van der Waals surface area (Å²) in [5, 5.41) is 23.1. The van der Waals surface area contributed by atoms with E-state index >= 15 is 0 Å². The summed E-state index contributed by atoms with van der Waals surface area (Å²) in [6, 6.07) is 4.64. The molecule has 0 aliphatic heterocycles. The van der Waals surface area contributed by atoms with Gasteiger partial charge >= 0.3 is 0 Å². The zero-order chi connectivity index (χ0) is 13.9. The van der Waals surface area contributed by atoms with E-state index in [0.29, 0.717) is 18.0 Å². The van der Waals surface area contributed by atoms with Crippen LogP contribution < -0.4 is 10.1 Å². The SMILES string of the molecule is COc1ccc([N+](=O)[O-])c(NCC2(CCO)CC2)c1. The highest BCUT2D eigenvalue weighted by molar-refractivity contribution is 5.64. The number of hydrogen-bond acceptors (Lipinski definition) is 5. The van der Waals surface area contributed by atoms with E-state index in [1.165, 1.54) is 13.2 Å². The molecular weight excluding hydrogens is 248 g/mol. The van der Waals surface area contributed by atoms with E-state index < -0.39 is 4.92 Å². The van der Waals surface area contributed by atoms with Crippen LogP contribution in [0.25, 0.3) is 0 Å². The maximum absolute atomic E-state index is 11.0. The molecule has 0 atom stereocenters. The summed E-state index contributed by atoms with van der Waals surface area (Å²) < 4.78 is 5.08. The lowest BCUT2D eigenvalue weighted by Crippen LogP contribution is -2.17. The third kappa shape index (κ3) is 3.14. The van der Waals surface area contributed by atoms with Gasteiger partial charge in [0.05, 0.1) is 12.0 Å². The van der Waals surface area contributed by atoms with Crippen molar-refractivity contribution < 1.29 is 14.8 Å². The largest absolute Gasteiger partial charge is 0.497 e. The second-order valence-corrected chi connectivity index (χ2v) is 4.97. The summed E-state index contributed by atoms with van der Waals surface area (Å²) in [5.41, 5.74) is 0.611. The van der Waals surface area contributed by atoms with E-state index in [0.717, 1.165) is 19.3 Å². The highest BCUT2D eigenvalue weighted by Gasteiger charge is 2.41. The molecule has 19 heavy (non-hydrogen) atoms. The molecule has 0 amide bonds. The number of methoxy groups -OCH3 is 1. The molecule has 0 saturated heterocycles. The van der Waals surface area contributed by atoms with Crippen LogP contribution >= 0.6 is 0 Å². The predicted molar refractivity (Wildman–Crippen MR) is 71.5 cm³/mol. The maximum Gasteiger partial charge on any atom is 0.292 e. The summed E-state index contributed by atoms with van der Waals surface area (Å²) >= 11 is 0. The molecule has 0 aromatic heterocycles. The standard InChI is InChI=1S/C13H18N2O4/c1-19-10-2-3-12(15(17)18)11(8-10)14-9-13(4-5-13)6-7-16/h2-3,8,14,16H,4-7,9H2,1H3. The van der Waals surface area contributed by atoms with Crippen LogP contribution in [0.1, 0.15) is 19.3 Å². The van der Waals surface area contributed by atoms with Gasteiger partial charge in [0.15, 0.2) is 0 Å². The highest BCUT2D eigenvalue weighted by Crippen LogP contribution is 2.48. The Balaban J connectivity index is 2.11. The minimum Gasteiger partial charge on any atom is -0.497 e. The van der Waals surface area contributed by atoms with Crippen molar-refractivity contribution in [2.45, 2.75) is 19.3 Å². The number of nitrogens with one attached hydrogen (secondary N) is 1. The van der Waals surface area contributed by atoms with Crippen molar-refractivity contribution in [2.24, 2.45) is 5.41 Å². The van der Waals surface area contributed by atoms with Crippen molar-refractivity contribution in [3.8, 4) is 5.75 Å². The molecule has 1 saturated carbocycles. The van der Waals surface area contributed by atoms with Gasteiger partial charge in [0, 0.05) is 25.3 Å². The topological polar surface area (TPSA) is 84.6 Å². The van der Waals surface area contributed by atoms with Gasteiger partial charge in [-0.25, -0.2) is 0 Å². The molecule has 6 heteroatoms. The van der Waals surface area contributed by atoms with Gasteiger partial charge in [0.2, 0.25) is 0 Å². The van der Waals surface area contributed by atoms with E-state index in [9.17, 15) is 10.1 Å². The quantitative estimate of drug-likeness (QED) is 0.583. The van der Waals surface area contributed by atoms with E-state index in [-0.39, 0.29) is 17.7 Å². The van der Waals surface area contributed by atoms with Crippen molar-refractivity contribution in [1.82, 2.24) is 0 Å². The highest BCUT2D eigenvalue weighted by atomic mass is 16.6. The Labute approximate surface area is 111 Å². The first kappa shape index (κ1) is 13.6. The number of aliphatic hydroxyl groups excluding tert-OH is 1. The third-order valence-electron chi connectivity index (χ3n) is 3.65. The Hall–Kier alpha value is -1.82. The maximum atomic E-state index is 11.0. The molecule has 1 aromatic rings. The Morgan fingerprint density at radius 2 is 2.26 bits per heavy atom. The second-order valence-electron chi connectivity index (χ2n) is 4.97. The number of nitrogens with zero attached hydrogens (tertiary/aromatic N) is 1. The molecule has 0 unspecified atom stereocenters. The lowest BCUT2D eigenvalue weighted by atomic mass is 10.0. The molecule has 0 spiro atoms. The van der Waals surface area contributed by atoms with E-state index in [4.69, 9.17) is 9.84 Å². The Morgan fingerprint density at radius 1 is 1.53 bits per heavy atom. The molecule has 1 aliphatic rings. The first-order valence-electron chi connectivity index (χ1n) is 6.27. The first-order valence-corrected chi connectivity index (χ1v) is 6.27. The van der Waals surface area contributed by atoms with Gasteiger partial charge in [0.1, 0.15) is 11.4 Å². The van der Waals surface area contributed by atoms with E-state index in [1.54, 1.807) is 12.1 Å². The van der Waals surface area contributed by atoms with Crippen LogP contribution in [0.4, 0.5) is 11.4 Å². The Kier molecular flexibility index (Phi) is 3.90. The molecule has 104 valence electrons. The van der Waals surface area contributed by atoms with Crippen molar-refractivity contribution >= 4 is 11.4 Å². The number of ether oxygens (including phenoxy) is 1. The van der Waals surface area contributed by atoms with Gasteiger partial charge < -0.3 is 15.2 Å². The summed E-state index contributed by atoms with van der Waals surface area (Å²) in [6.45, 7) is 0.795. The number of nitro benzene ring substituents is 1. The minimum atomic E-state index is -0.409. The molecular formula is C13H18N2O4. The van der Waals surface area contributed by atoms with E-state index in [1.807, 2.05) is 0 Å². The first-order chi connectivity index (χ1) is 9.10. The zero-order valence-corrected chi connectivity index (χ0v) is 10.9. The summed E-state index contributed by atoms with van der Waals surface area (Å²) in [5.74, 6) is 0.583. The molecule has 1 aromatic carbocycles. The van der Waals surface area contributed by atoms with Crippen LogP contribution in [-0.4, -0.2) is 30.3 Å². The Morgan fingerprint density at radius 3 is 2.79 bits per heavy atom. The lowest BCUT2D eigenvalue weighted by molar-refractivity contribution is -0.384. The summed E-state index contributed by atoms with van der Waals surface area (Å²) in [7, 11) is 1.53. The fourth-order valence-electron chi connectivity index (χ4n) is 2.15. The zero-order valence-electron chi connectivity index (χ0n) is 10.9. The molecule has 2 rings (SSSR count). The molecule has 1 aliphatic carbocycles. The van der Waals surface area contributed by atoms with Crippen LogP contribution in [0, 0.1) is 15.5 Å². The third-order valence-corrected chi connectivity index (χ3v) is 3.65. The minimum absolute atomic E-state index is 0.0422. The van der Waals surface area contributed by atoms with Crippen LogP contribution in [-0.2, 0) is 0 Å². The number of rotatable bonds is 7. The number of aliphatic hydroxyl groups is 1. The molecule has 0 heterocycles. The monoisotopic (exact) mass is 266 g/mol. The van der Waals surface area contributed by atoms with Gasteiger partial charge in [0.25, 0.3) is 5.69 Å². The normalized spacial score (nSPS) is 15.9. The smallest absolute Gasteiger partial charge is 0.292 e. The predicted octanol–water partition coefficient (Wildman–Crippen LogP) is 2.18. The van der Waals surface area contributed by atoms with Crippen LogP contribution in [0.2, 0.25) is 0 Å². The fraction of sp³-hybridized carbons (Fsp3) is 0.538. The van der Waals surface area contributed by atoms with Crippen LogP contribution in [0.15, 0.2) is 18.2 Å².